The maximum Gasteiger partial charge on any atom is 0.0774 e. The van der Waals surface area contributed by atoms with E-state index in [1.165, 1.54) is 38.7 Å². The summed E-state index contributed by atoms with van der Waals surface area (Å²) in [6.45, 7) is 11.6. The molecule has 247 valence electrons. The number of nitrogens with zero attached hydrogens (tertiary/aromatic N) is 3. The molecule has 0 aliphatic carbocycles. The number of benzene rings is 4. The van der Waals surface area contributed by atoms with E-state index in [0.29, 0.717) is 17.8 Å². The van der Waals surface area contributed by atoms with E-state index in [-0.39, 0.29) is 25.7 Å². The van der Waals surface area contributed by atoms with E-state index in [1.54, 1.807) is 29.5 Å². The maximum atomic E-state index is 7.23. The fourth-order valence-corrected chi connectivity index (χ4v) is 6.90. The van der Waals surface area contributed by atoms with Gasteiger partial charge in [0.15, 0.2) is 0 Å². The first-order valence-electron chi connectivity index (χ1n) is 17.9. The molecule has 7 rings (SSSR count). The summed E-state index contributed by atoms with van der Waals surface area (Å²) in [5.41, 5.74) is 10.5. The molecule has 0 spiro atoms. The third-order valence-corrected chi connectivity index (χ3v) is 9.20. The molecule has 3 heterocycles. The molecule has 1 radical (unpaired) electrons. The minimum atomic E-state index is -2.09. The first-order valence-corrected chi connectivity index (χ1v) is 17.2. The second-order valence-electron chi connectivity index (χ2n) is 13.1. The van der Waals surface area contributed by atoms with Gasteiger partial charge >= 0.3 is 0 Å². The number of hydrogen-bond donors (Lipinski definition) is 0. The van der Waals surface area contributed by atoms with E-state index in [1.807, 2.05) is 18.2 Å². The average Bonchev–Trinajstić information content (AvgIpc) is 3.69. The van der Waals surface area contributed by atoms with Crippen LogP contribution in [0, 0.1) is 24.2 Å². The van der Waals surface area contributed by atoms with Gasteiger partial charge in [0.1, 0.15) is 0 Å². The fourth-order valence-electron chi connectivity index (χ4n) is 6.08. The van der Waals surface area contributed by atoms with Crippen molar-refractivity contribution in [3.63, 3.8) is 0 Å². The predicted octanol–water partition coefficient (Wildman–Crippen LogP) is 12.0. The summed E-state index contributed by atoms with van der Waals surface area (Å²) in [5.74, 6) is 2.43. The van der Waals surface area contributed by atoms with E-state index in [9.17, 15) is 0 Å². The molecule has 4 aromatic carbocycles. The van der Waals surface area contributed by atoms with Gasteiger partial charge in [-0.25, -0.2) is 0 Å². The Hall–Kier alpha value is -3.89. The third kappa shape index (κ3) is 7.55. The minimum absolute atomic E-state index is 0. The van der Waals surface area contributed by atoms with Gasteiger partial charge in [0, 0.05) is 36.1 Å². The summed E-state index contributed by atoms with van der Waals surface area (Å²) in [4.78, 5) is 9.34. The van der Waals surface area contributed by atoms with Crippen LogP contribution in [0.3, 0.4) is 0 Å². The van der Waals surface area contributed by atoms with Crippen LogP contribution in [-0.2, 0) is 26.5 Å². The van der Waals surface area contributed by atoms with Crippen LogP contribution in [0.2, 0.25) is 0 Å². The number of aryl methyl sites for hydroxylation is 1. The molecule has 7 aromatic rings. The van der Waals surface area contributed by atoms with Crippen molar-refractivity contribution in [3.8, 4) is 28.3 Å². The molecule has 0 fully saturated rings. The quantitative estimate of drug-likeness (QED) is 0.150. The first kappa shape index (κ1) is 31.4. The van der Waals surface area contributed by atoms with E-state index >= 15 is 0 Å². The summed E-state index contributed by atoms with van der Waals surface area (Å²) in [6, 6.07) is 35.9. The minimum Gasteiger partial charge on any atom is -0.333 e. The number of para-hydroxylation sites is 3. The molecule has 3 nitrogen and oxygen atoms in total. The van der Waals surface area contributed by atoms with E-state index in [4.69, 9.17) is 9.10 Å². The molecule has 5 heteroatoms. The number of aromatic nitrogens is 3. The monoisotopic (exact) mass is 829 g/mol. The second-order valence-corrected chi connectivity index (χ2v) is 13.9. The van der Waals surface area contributed by atoms with Crippen LogP contribution in [0.5, 0.6) is 0 Å². The molecule has 3 aromatic heterocycles. The Labute approximate surface area is 307 Å². The molecule has 0 unspecified atom stereocenters. The molecule has 0 saturated carbocycles. The normalized spacial score (nSPS) is 12.5. The van der Waals surface area contributed by atoms with Crippen molar-refractivity contribution in [1.82, 2.24) is 14.5 Å². The molecule has 0 amide bonds. The average molecular weight is 829 g/mol. The molecular weight excluding hydrogens is 783 g/mol. The number of rotatable bonds is 7. The second kappa shape index (κ2) is 15.6. The smallest absolute Gasteiger partial charge is 0.0774 e. The van der Waals surface area contributed by atoms with E-state index in [2.05, 4.69) is 123 Å². The van der Waals surface area contributed by atoms with Gasteiger partial charge in [-0.2, -0.15) is 0 Å². The summed E-state index contributed by atoms with van der Waals surface area (Å²) < 4.78 is 25.4. The largest absolute Gasteiger partial charge is 0.333 e. The molecule has 48 heavy (non-hydrogen) atoms. The van der Waals surface area contributed by atoms with E-state index in [0.717, 1.165) is 40.1 Å². The maximum absolute atomic E-state index is 7.23. The SMILES string of the molecule is CC(C)Cc1ccc2s[c-]c(-c3nc4ccccc4n3-c3c(C(C)C)cccc3C(C)C)c2c1.[2H]C([2H])([2H])c1ccc(-c2[c-]cccc2)nc1.[Ir]. The molecule has 0 bridgehead atoms. The van der Waals surface area contributed by atoms with Gasteiger partial charge in [0.25, 0.3) is 0 Å². The number of fused-ring (bicyclic) bond motifs is 2. The van der Waals surface area contributed by atoms with Crippen LogP contribution in [0.15, 0.2) is 103 Å². The van der Waals surface area contributed by atoms with Crippen LogP contribution in [0.1, 0.15) is 79.7 Å². The van der Waals surface area contributed by atoms with Gasteiger partial charge in [-0.05, 0) is 65.5 Å². The molecule has 0 N–H and O–H groups in total. The summed E-state index contributed by atoms with van der Waals surface area (Å²) in [7, 11) is 0. The number of pyridine rings is 1. The van der Waals surface area contributed by atoms with Gasteiger partial charge in [0.2, 0.25) is 0 Å². The van der Waals surface area contributed by atoms with Crippen molar-refractivity contribution in [2.75, 3.05) is 0 Å². The molecular formula is C43H43IrN3S-2. The van der Waals surface area contributed by atoms with Crippen molar-refractivity contribution in [1.29, 1.82) is 0 Å². The van der Waals surface area contributed by atoms with Crippen LogP contribution in [-0.4, -0.2) is 14.5 Å². The fraction of sp³-hybridized carbons (Fsp3) is 0.256. The van der Waals surface area contributed by atoms with Crippen molar-refractivity contribution < 1.29 is 24.2 Å². The summed E-state index contributed by atoms with van der Waals surface area (Å²) in [6.07, 6.45) is 2.47. The number of hydrogen-bond acceptors (Lipinski definition) is 3. The standard InChI is InChI=1S/C31H33N2S.C12H10N.Ir/c1-19(2)16-22-14-15-29-25(17-22)26(18-34-29)31-32-27-12-7-8-13-28(27)33(31)30-23(20(3)4)10-9-11-24(30)21(5)6;1-10-7-8-12(13-9-10)11-5-3-2-4-6-11;/h7-15,17,19-21H,16H2,1-6H3;2-5,7-9H,1H3;/q2*-1;/i;1D3;. The van der Waals surface area contributed by atoms with E-state index < -0.39 is 6.85 Å². The van der Waals surface area contributed by atoms with Crippen molar-refractivity contribution in [2.45, 2.75) is 66.7 Å². The Bertz CT molecular complexity index is 2190. The topological polar surface area (TPSA) is 30.7 Å². The number of thiophene rings is 1. The Morgan fingerprint density at radius 3 is 2.23 bits per heavy atom. The van der Waals surface area contributed by atoms with Crippen molar-refractivity contribution >= 4 is 32.5 Å². The Kier molecular flexibility index (Phi) is 10.2. The summed E-state index contributed by atoms with van der Waals surface area (Å²) in [5, 5.41) is 4.89. The van der Waals surface area contributed by atoms with Crippen LogP contribution >= 0.6 is 11.3 Å². The van der Waals surface area contributed by atoms with Gasteiger partial charge in [-0.15, -0.1) is 47.3 Å². The summed E-state index contributed by atoms with van der Waals surface area (Å²) >= 11 is 1.69. The zero-order valence-electron chi connectivity index (χ0n) is 31.3. The van der Waals surface area contributed by atoms with Gasteiger partial charge < -0.3 is 9.55 Å². The van der Waals surface area contributed by atoms with Crippen molar-refractivity contribution in [3.05, 3.63) is 137 Å². The molecule has 0 atom stereocenters. The van der Waals surface area contributed by atoms with Crippen LogP contribution in [0.25, 0.3) is 49.5 Å². The number of imidazole rings is 1. The molecule has 0 aliphatic rings. The zero-order valence-corrected chi connectivity index (χ0v) is 31.5. The predicted molar refractivity (Wildman–Crippen MR) is 201 cm³/mol. The first-order chi connectivity index (χ1) is 23.9. The van der Waals surface area contributed by atoms with Crippen LogP contribution in [0.4, 0.5) is 0 Å². The van der Waals surface area contributed by atoms with Gasteiger partial charge in [0.05, 0.1) is 16.9 Å². The third-order valence-electron chi connectivity index (χ3n) is 8.32. The van der Waals surface area contributed by atoms with Gasteiger partial charge in [-0.1, -0.05) is 117 Å². The molecule has 0 saturated heterocycles. The van der Waals surface area contributed by atoms with Gasteiger partial charge in [-0.3, -0.25) is 16.3 Å². The molecule has 0 aliphatic heterocycles. The Morgan fingerprint density at radius 1 is 0.833 bits per heavy atom. The zero-order chi connectivity index (χ0) is 35.6. The van der Waals surface area contributed by atoms with Crippen LogP contribution < -0.4 is 0 Å². The Balaban J connectivity index is 0.000000249. The Morgan fingerprint density at radius 2 is 1.58 bits per heavy atom. The van der Waals surface area contributed by atoms with Crippen molar-refractivity contribution in [2.24, 2.45) is 5.92 Å².